The van der Waals surface area contributed by atoms with E-state index >= 15 is 0 Å². The van der Waals surface area contributed by atoms with Crippen LogP contribution in [0, 0.1) is 5.82 Å². The maximum Gasteiger partial charge on any atom is 0.234 e. The molecule has 5 nitrogen and oxygen atoms in total. The molecular formula is C11H12FN3O2. The Balaban J connectivity index is 2.28. The second kappa shape index (κ2) is 4.58. The number of hydrogen-bond donors (Lipinski definition) is 2. The highest BCUT2D eigenvalue weighted by Crippen LogP contribution is 2.26. The minimum absolute atomic E-state index is 0.145. The largest absolute Gasteiger partial charge is 0.325 e. The first kappa shape index (κ1) is 11.7. The van der Waals surface area contributed by atoms with Gasteiger partial charge in [0.05, 0.1) is 11.6 Å². The van der Waals surface area contributed by atoms with Crippen molar-refractivity contribution >= 4 is 11.8 Å². The molecule has 0 spiro atoms. The van der Waals surface area contributed by atoms with Gasteiger partial charge in [-0.3, -0.25) is 19.9 Å². The van der Waals surface area contributed by atoms with Crippen molar-refractivity contribution < 1.29 is 14.0 Å². The molecule has 6 heteroatoms. The van der Waals surface area contributed by atoms with Gasteiger partial charge in [-0.15, -0.1) is 0 Å². The number of carbonyl (C=O) groups is 2. The van der Waals surface area contributed by atoms with Gasteiger partial charge in [0.1, 0.15) is 5.82 Å². The summed E-state index contributed by atoms with van der Waals surface area (Å²) in [5.74, 6) is -1.94. The fraction of sp³-hybridized carbons (Fsp3) is 0.364. The van der Waals surface area contributed by atoms with Crippen molar-refractivity contribution in [3.05, 3.63) is 29.3 Å². The Hall–Kier alpha value is -1.82. The predicted octanol–water partition coefficient (Wildman–Crippen LogP) is 0.200. The van der Waals surface area contributed by atoms with E-state index in [1.807, 2.05) is 0 Å². The molecule has 2 heterocycles. The number of piperidine rings is 1. The minimum Gasteiger partial charge on any atom is -0.325 e. The molecule has 1 aromatic rings. The molecule has 0 bridgehead atoms. The Kier molecular flexibility index (Phi) is 3.14. The summed E-state index contributed by atoms with van der Waals surface area (Å²) in [5, 5.41) is 2.19. The zero-order valence-electron chi connectivity index (χ0n) is 9.07. The van der Waals surface area contributed by atoms with Crippen molar-refractivity contribution in [1.82, 2.24) is 10.3 Å². The molecule has 0 radical (unpaired) electrons. The standard InChI is InChI=1S/C11H12FN3O2/c12-9-3-6(4-13)14-5-8(9)7-1-2-10(16)15-11(7)17/h3,5,7H,1-2,4,13H2,(H,15,16,17). The van der Waals surface area contributed by atoms with E-state index in [4.69, 9.17) is 5.73 Å². The van der Waals surface area contributed by atoms with Crippen LogP contribution in [0.4, 0.5) is 4.39 Å². The molecule has 3 N–H and O–H groups in total. The summed E-state index contributed by atoms with van der Waals surface area (Å²) >= 11 is 0. The molecule has 1 unspecified atom stereocenters. The van der Waals surface area contributed by atoms with Crippen molar-refractivity contribution in [2.24, 2.45) is 5.73 Å². The lowest BCUT2D eigenvalue weighted by Gasteiger charge is -2.21. The van der Waals surface area contributed by atoms with Gasteiger partial charge in [-0.05, 0) is 12.5 Å². The van der Waals surface area contributed by atoms with Crippen LogP contribution in [-0.4, -0.2) is 16.8 Å². The molecule has 0 aliphatic carbocycles. The first-order chi connectivity index (χ1) is 8.11. The lowest BCUT2D eigenvalue weighted by Crippen LogP contribution is -2.39. The van der Waals surface area contributed by atoms with Crippen LogP contribution in [0.15, 0.2) is 12.3 Å². The second-order valence-electron chi connectivity index (χ2n) is 3.90. The van der Waals surface area contributed by atoms with Crippen LogP contribution in [0.2, 0.25) is 0 Å². The molecule has 0 saturated carbocycles. The quantitative estimate of drug-likeness (QED) is 0.719. The molecular weight excluding hydrogens is 225 g/mol. The van der Waals surface area contributed by atoms with E-state index in [1.54, 1.807) is 0 Å². The van der Waals surface area contributed by atoms with E-state index in [9.17, 15) is 14.0 Å². The normalized spacial score (nSPS) is 20.2. The molecule has 17 heavy (non-hydrogen) atoms. The maximum atomic E-state index is 13.7. The van der Waals surface area contributed by atoms with Crippen LogP contribution in [0.5, 0.6) is 0 Å². The number of nitrogens with one attached hydrogen (secondary N) is 1. The van der Waals surface area contributed by atoms with Crippen molar-refractivity contribution in [2.75, 3.05) is 0 Å². The topological polar surface area (TPSA) is 85.1 Å². The van der Waals surface area contributed by atoms with Gasteiger partial charge in [0.25, 0.3) is 0 Å². The summed E-state index contributed by atoms with van der Waals surface area (Å²) < 4.78 is 13.7. The zero-order valence-corrected chi connectivity index (χ0v) is 9.07. The molecule has 1 aromatic heterocycles. The number of halogens is 1. The number of pyridine rings is 1. The molecule has 1 fully saturated rings. The van der Waals surface area contributed by atoms with Crippen LogP contribution in [0.3, 0.4) is 0 Å². The summed E-state index contributed by atoms with van der Waals surface area (Å²) in [6.45, 7) is 0.145. The number of aromatic nitrogens is 1. The molecule has 2 amide bonds. The van der Waals surface area contributed by atoms with Crippen LogP contribution < -0.4 is 11.1 Å². The van der Waals surface area contributed by atoms with E-state index < -0.39 is 17.6 Å². The van der Waals surface area contributed by atoms with Gasteiger partial charge in [-0.2, -0.15) is 0 Å². The third kappa shape index (κ3) is 2.31. The van der Waals surface area contributed by atoms with Gasteiger partial charge in [0.15, 0.2) is 0 Å². The molecule has 90 valence electrons. The number of rotatable bonds is 2. The highest BCUT2D eigenvalue weighted by Gasteiger charge is 2.30. The Labute approximate surface area is 97.2 Å². The molecule has 1 atom stereocenters. The summed E-state index contributed by atoms with van der Waals surface area (Å²) in [6, 6.07) is 1.22. The fourth-order valence-corrected chi connectivity index (χ4v) is 1.84. The number of nitrogens with two attached hydrogens (primary N) is 1. The van der Waals surface area contributed by atoms with Crippen molar-refractivity contribution in [3.8, 4) is 0 Å². The summed E-state index contributed by atoms with van der Waals surface area (Å²) in [6.07, 6.45) is 1.84. The summed E-state index contributed by atoms with van der Waals surface area (Å²) in [5.41, 5.74) is 5.98. The third-order valence-electron chi connectivity index (χ3n) is 2.76. The van der Waals surface area contributed by atoms with Gasteiger partial charge in [-0.25, -0.2) is 4.39 Å². The van der Waals surface area contributed by atoms with Gasteiger partial charge in [0, 0.05) is 24.7 Å². The third-order valence-corrected chi connectivity index (χ3v) is 2.76. The predicted molar refractivity (Wildman–Crippen MR) is 57.2 cm³/mol. The number of carbonyl (C=O) groups excluding carboxylic acids is 2. The minimum atomic E-state index is -0.646. The highest BCUT2D eigenvalue weighted by atomic mass is 19.1. The second-order valence-corrected chi connectivity index (χ2v) is 3.90. The average molecular weight is 237 g/mol. The molecule has 1 aliphatic heterocycles. The van der Waals surface area contributed by atoms with Gasteiger partial charge in [-0.1, -0.05) is 0 Å². The monoisotopic (exact) mass is 237 g/mol. The van der Waals surface area contributed by atoms with Gasteiger partial charge >= 0.3 is 0 Å². The lowest BCUT2D eigenvalue weighted by molar-refractivity contribution is -0.134. The fourth-order valence-electron chi connectivity index (χ4n) is 1.84. The van der Waals surface area contributed by atoms with Crippen molar-refractivity contribution in [1.29, 1.82) is 0 Å². The SMILES string of the molecule is NCc1cc(F)c(C2CCC(=O)NC2=O)cn1. The zero-order chi connectivity index (χ0) is 12.4. The Bertz CT molecular complexity index is 476. The highest BCUT2D eigenvalue weighted by molar-refractivity contribution is 6.00. The number of nitrogens with zero attached hydrogens (tertiary/aromatic N) is 1. The van der Waals surface area contributed by atoms with Crippen molar-refractivity contribution in [2.45, 2.75) is 25.3 Å². The summed E-state index contributed by atoms with van der Waals surface area (Å²) in [4.78, 5) is 26.5. The first-order valence-corrected chi connectivity index (χ1v) is 5.30. The molecule has 1 aliphatic rings. The van der Waals surface area contributed by atoms with E-state index in [0.717, 1.165) is 0 Å². The number of imide groups is 1. The molecule has 1 saturated heterocycles. The number of amides is 2. The Morgan fingerprint density at radius 2 is 2.29 bits per heavy atom. The summed E-state index contributed by atoms with van der Waals surface area (Å²) in [7, 11) is 0. The van der Waals surface area contributed by atoms with E-state index in [-0.39, 0.29) is 24.4 Å². The number of hydrogen-bond acceptors (Lipinski definition) is 4. The Morgan fingerprint density at radius 3 is 2.88 bits per heavy atom. The smallest absolute Gasteiger partial charge is 0.234 e. The van der Waals surface area contributed by atoms with Crippen LogP contribution in [-0.2, 0) is 16.1 Å². The van der Waals surface area contributed by atoms with Gasteiger partial charge < -0.3 is 5.73 Å². The maximum absolute atomic E-state index is 13.7. The lowest BCUT2D eigenvalue weighted by atomic mass is 9.91. The Morgan fingerprint density at radius 1 is 1.53 bits per heavy atom. The molecule has 0 aromatic carbocycles. The van der Waals surface area contributed by atoms with E-state index in [1.165, 1.54) is 12.3 Å². The first-order valence-electron chi connectivity index (χ1n) is 5.30. The molecule has 2 rings (SSSR count). The van der Waals surface area contributed by atoms with Crippen molar-refractivity contribution in [3.63, 3.8) is 0 Å². The van der Waals surface area contributed by atoms with E-state index in [2.05, 4.69) is 10.3 Å². The van der Waals surface area contributed by atoms with Crippen LogP contribution in [0.1, 0.15) is 30.0 Å². The van der Waals surface area contributed by atoms with Gasteiger partial charge in [0.2, 0.25) is 11.8 Å². The van der Waals surface area contributed by atoms with E-state index in [0.29, 0.717) is 12.1 Å². The van der Waals surface area contributed by atoms with Crippen LogP contribution in [0.25, 0.3) is 0 Å². The average Bonchev–Trinajstić information content (AvgIpc) is 2.30. The van der Waals surface area contributed by atoms with Crippen LogP contribution >= 0.6 is 0 Å².